The Morgan fingerprint density at radius 2 is 1.61 bits per heavy atom. The lowest BCUT2D eigenvalue weighted by Crippen LogP contribution is -2.07. The van der Waals surface area contributed by atoms with Crippen molar-refractivity contribution in [3.8, 4) is 11.5 Å². The number of halogens is 3. The first-order valence-corrected chi connectivity index (χ1v) is 11.3. The molecule has 0 bridgehead atoms. The van der Waals surface area contributed by atoms with Crippen LogP contribution in [0.1, 0.15) is 5.56 Å². The number of hydrogen-bond acceptors (Lipinski definition) is 5. The van der Waals surface area contributed by atoms with Crippen LogP contribution in [0.15, 0.2) is 87.1 Å². The summed E-state index contributed by atoms with van der Waals surface area (Å²) in [6, 6.07) is 18.6. The minimum atomic E-state index is -4.08. The molecule has 158 valence electrons. The second kappa shape index (κ2) is 8.70. The summed E-state index contributed by atoms with van der Waals surface area (Å²) in [6.07, 6.45) is 0. The van der Waals surface area contributed by atoms with Crippen molar-refractivity contribution < 1.29 is 17.2 Å². The number of nitrogens with one attached hydrogen (secondary N) is 1. The Kier molecular flexibility index (Phi) is 6.00. The molecule has 31 heavy (non-hydrogen) atoms. The molecule has 0 radical (unpaired) electrons. The number of benzene rings is 3. The maximum Gasteiger partial charge on any atom is 0.234 e. The summed E-state index contributed by atoms with van der Waals surface area (Å²) in [5, 5.41) is 3.46. The molecule has 1 heterocycles. The minimum absolute atomic E-state index is 0.0222. The van der Waals surface area contributed by atoms with Gasteiger partial charge in [0.15, 0.2) is 0 Å². The Morgan fingerprint density at radius 1 is 0.935 bits per heavy atom. The van der Waals surface area contributed by atoms with Gasteiger partial charge in [-0.3, -0.25) is 0 Å². The van der Waals surface area contributed by atoms with E-state index in [0.717, 1.165) is 5.56 Å². The van der Waals surface area contributed by atoms with Crippen LogP contribution in [0.25, 0.3) is 11.5 Å². The molecule has 3 aromatic carbocycles. The normalized spacial score (nSPS) is 11.5. The SMILES string of the molecule is O=S(=O)(c1ccc(Cl)cc1)c1nc(-c2ccccc2F)oc1NCc1ccccc1Cl. The van der Waals surface area contributed by atoms with Crippen LogP contribution in [0, 0.1) is 5.82 Å². The van der Waals surface area contributed by atoms with Gasteiger partial charge in [0.25, 0.3) is 0 Å². The van der Waals surface area contributed by atoms with Crippen LogP contribution < -0.4 is 5.32 Å². The molecule has 0 unspecified atom stereocenters. The molecular weight excluding hydrogens is 462 g/mol. The summed E-state index contributed by atoms with van der Waals surface area (Å²) in [5.74, 6) is -0.864. The molecule has 0 saturated heterocycles. The Hall–Kier alpha value is -2.87. The maximum absolute atomic E-state index is 14.3. The van der Waals surface area contributed by atoms with Crippen LogP contribution in [0.5, 0.6) is 0 Å². The smallest absolute Gasteiger partial charge is 0.234 e. The predicted octanol–water partition coefficient (Wildman–Crippen LogP) is 6.23. The van der Waals surface area contributed by atoms with Crippen LogP contribution in [-0.2, 0) is 16.4 Å². The van der Waals surface area contributed by atoms with E-state index >= 15 is 0 Å². The second-order valence-corrected chi connectivity index (χ2v) is 9.24. The molecule has 9 heteroatoms. The fourth-order valence-corrected chi connectivity index (χ4v) is 4.50. The Balaban J connectivity index is 1.79. The quantitative estimate of drug-likeness (QED) is 0.356. The van der Waals surface area contributed by atoms with Crippen molar-refractivity contribution in [2.45, 2.75) is 16.5 Å². The molecule has 0 atom stereocenters. The molecular formula is C22H15Cl2FN2O3S. The third kappa shape index (κ3) is 4.44. The standard InChI is InChI=1S/C22H15Cl2FN2O3S/c23-15-9-11-16(12-10-15)31(28,29)22-21(26-13-14-5-1-3-7-18(14)24)30-20(27-22)17-6-2-4-8-19(17)25/h1-12,26H,13H2. The average Bonchev–Trinajstić information content (AvgIpc) is 3.19. The van der Waals surface area contributed by atoms with Gasteiger partial charge in [0.2, 0.25) is 26.6 Å². The van der Waals surface area contributed by atoms with Crippen molar-refractivity contribution in [3.05, 3.63) is 94.2 Å². The minimum Gasteiger partial charge on any atom is -0.419 e. The molecule has 1 aromatic heterocycles. The lowest BCUT2D eigenvalue weighted by Gasteiger charge is -2.07. The number of oxazole rings is 1. The third-order valence-corrected chi connectivity index (χ3v) is 6.78. The fraction of sp³-hybridized carbons (Fsp3) is 0.0455. The molecule has 0 aliphatic heterocycles. The zero-order valence-electron chi connectivity index (χ0n) is 15.8. The van der Waals surface area contributed by atoms with Crippen LogP contribution >= 0.6 is 23.2 Å². The van der Waals surface area contributed by atoms with Crippen LogP contribution in [-0.4, -0.2) is 13.4 Å². The van der Waals surface area contributed by atoms with Gasteiger partial charge in [-0.2, -0.15) is 4.98 Å². The number of sulfone groups is 1. The summed E-state index contributed by atoms with van der Waals surface area (Å²) in [4.78, 5) is 4.10. The zero-order chi connectivity index (χ0) is 22.0. The highest BCUT2D eigenvalue weighted by atomic mass is 35.5. The van der Waals surface area contributed by atoms with E-state index in [1.165, 1.54) is 42.5 Å². The van der Waals surface area contributed by atoms with Crippen molar-refractivity contribution in [2.75, 3.05) is 5.32 Å². The van der Waals surface area contributed by atoms with Gasteiger partial charge in [-0.25, -0.2) is 12.8 Å². The third-order valence-electron chi connectivity index (χ3n) is 4.48. The highest BCUT2D eigenvalue weighted by Crippen LogP contribution is 2.34. The topological polar surface area (TPSA) is 72.2 Å². The molecule has 4 rings (SSSR count). The van der Waals surface area contributed by atoms with Crippen molar-refractivity contribution >= 4 is 38.9 Å². The van der Waals surface area contributed by atoms with E-state index < -0.39 is 15.7 Å². The van der Waals surface area contributed by atoms with Gasteiger partial charge in [0, 0.05) is 16.6 Å². The van der Waals surface area contributed by atoms with Crippen molar-refractivity contribution in [3.63, 3.8) is 0 Å². The van der Waals surface area contributed by atoms with E-state index in [1.807, 2.05) is 0 Å². The molecule has 0 fully saturated rings. The summed E-state index contributed by atoms with van der Waals surface area (Å²) >= 11 is 12.1. The van der Waals surface area contributed by atoms with E-state index in [1.54, 1.807) is 30.3 Å². The molecule has 0 spiro atoms. The number of aromatic nitrogens is 1. The van der Waals surface area contributed by atoms with Crippen LogP contribution in [0.2, 0.25) is 10.0 Å². The molecule has 5 nitrogen and oxygen atoms in total. The highest BCUT2D eigenvalue weighted by molar-refractivity contribution is 7.91. The Bertz CT molecular complexity index is 1340. The Morgan fingerprint density at radius 3 is 2.32 bits per heavy atom. The maximum atomic E-state index is 14.3. The van der Waals surface area contributed by atoms with E-state index in [2.05, 4.69) is 10.3 Å². The summed E-state index contributed by atoms with van der Waals surface area (Å²) in [6.45, 7) is 0.175. The summed E-state index contributed by atoms with van der Waals surface area (Å²) in [5.41, 5.74) is 0.767. The lowest BCUT2D eigenvalue weighted by atomic mass is 10.2. The molecule has 1 N–H and O–H groups in total. The van der Waals surface area contributed by atoms with Crippen molar-refractivity contribution in [1.29, 1.82) is 0 Å². The summed E-state index contributed by atoms with van der Waals surface area (Å²) < 4.78 is 46.4. The first-order chi connectivity index (χ1) is 14.9. The number of anilines is 1. The first-order valence-electron chi connectivity index (χ1n) is 9.10. The van der Waals surface area contributed by atoms with E-state index in [9.17, 15) is 12.8 Å². The number of nitrogens with zero attached hydrogens (tertiary/aromatic N) is 1. The molecule has 0 saturated carbocycles. The lowest BCUT2D eigenvalue weighted by molar-refractivity contribution is 0.567. The molecule has 0 aliphatic rings. The van der Waals surface area contributed by atoms with Gasteiger partial charge in [0.05, 0.1) is 10.5 Å². The van der Waals surface area contributed by atoms with Gasteiger partial charge < -0.3 is 9.73 Å². The molecule has 0 amide bonds. The zero-order valence-corrected chi connectivity index (χ0v) is 18.2. The van der Waals surface area contributed by atoms with Crippen LogP contribution in [0.3, 0.4) is 0 Å². The average molecular weight is 477 g/mol. The van der Waals surface area contributed by atoms with Gasteiger partial charge in [-0.1, -0.05) is 53.5 Å². The molecule has 4 aromatic rings. The van der Waals surface area contributed by atoms with Gasteiger partial charge >= 0.3 is 0 Å². The van der Waals surface area contributed by atoms with Crippen molar-refractivity contribution in [2.24, 2.45) is 0 Å². The van der Waals surface area contributed by atoms with E-state index in [4.69, 9.17) is 27.6 Å². The number of rotatable bonds is 6. The van der Waals surface area contributed by atoms with Gasteiger partial charge in [0.1, 0.15) is 5.82 Å². The van der Waals surface area contributed by atoms with E-state index in [-0.39, 0.29) is 33.8 Å². The Labute approximate surface area is 188 Å². The fourth-order valence-electron chi connectivity index (χ4n) is 2.89. The summed E-state index contributed by atoms with van der Waals surface area (Å²) in [7, 11) is -4.08. The highest BCUT2D eigenvalue weighted by Gasteiger charge is 2.29. The monoisotopic (exact) mass is 476 g/mol. The van der Waals surface area contributed by atoms with E-state index in [0.29, 0.717) is 10.0 Å². The van der Waals surface area contributed by atoms with Gasteiger partial charge in [-0.05, 0) is 48.0 Å². The number of hydrogen-bond donors (Lipinski definition) is 1. The largest absolute Gasteiger partial charge is 0.419 e. The molecule has 0 aliphatic carbocycles. The van der Waals surface area contributed by atoms with Crippen LogP contribution in [0.4, 0.5) is 10.3 Å². The second-order valence-electron chi connectivity index (χ2n) is 6.54. The first kappa shape index (κ1) is 21.4. The predicted molar refractivity (Wildman–Crippen MR) is 118 cm³/mol. The van der Waals surface area contributed by atoms with Crippen molar-refractivity contribution in [1.82, 2.24) is 4.98 Å². The van der Waals surface area contributed by atoms with Gasteiger partial charge in [-0.15, -0.1) is 0 Å².